The molecule has 0 aromatic heterocycles. The molecule has 1 amide bonds. The van der Waals surface area contributed by atoms with E-state index in [9.17, 15) is 13.6 Å². The third-order valence-corrected chi connectivity index (χ3v) is 2.30. The lowest BCUT2D eigenvalue weighted by atomic mass is 10.1. The zero-order valence-electron chi connectivity index (χ0n) is 9.72. The van der Waals surface area contributed by atoms with E-state index in [1.807, 2.05) is 0 Å². The average molecular weight is 242 g/mol. The summed E-state index contributed by atoms with van der Waals surface area (Å²) in [4.78, 5) is 11.1. The van der Waals surface area contributed by atoms with Crippen molar-refractivity contribution in [2.45, 2.75) is 12.8 Å². The Morgan fingerprint density at radius 1 is 1.35 bits per heavy atom. The predicted octanol–water partition coefficient (Wildman–Crippen LogP) is 1.23. The van der Waals surface area contributed by atoms with Gasteiger partial charge in [-0.15, -0.1) is 0 Å². The largest absolute Gasteiger partial charge is 0.355 e. The highest BCUT2D eigenvalue weighted by Crippen LogP contribution is 2.11. The molecular formula is C12H16F2N2O. The molecule has 0 saturated heterocycles. The average Bonchev–Trinajstić information content (AvgIpc) is 2.27. The molecule has 1 aromatic carbocycles. The number of halogens is 2. The fourth-order valence-electron chi connectivity index (χ4n) is 1.45. The maximum atomic E-state index is 13.2. The van der Waals surface area contributed by atoms with Gasteiger partial charge < -0.3 is 10.6 Å². The van der Waals surface area contributed by atoms with Gasteiger partial charge in [-0.2, -0.15) is 0 Å². The van der Waals surface area contributed by atoms with E-state index in [0.29, 0.717) is 24.9 Å². The molecule has 0 aliphatic carbocycles. The molecule has 0 fully saturated rings. The standard InChI is InChI=1S/C12H16F2N2O/c1-15-8-12(17)16-6-2-3-9-4-5-10(13)7-11(9)14/h4-5,7,15H,2-3,6,8H2,1H3,(H,16,17). The van der Waals surface area contributed by atoms with E-state index in [4.69, 9.17) is 0 Å². The Hall–Kier alpha value is -1.49. The molecule has 3 nitrogen and oxygen atoms in total. The van der Waals surface area contributed by atoms with E-state index < -0.39 is 11.6 Å². The summed E-state index contributed by atoms with van der Waals surface area (Å²) in [6.45, 7) is 0.752. The van der Waals surface area contributed by atoms with E-state index in [1.165, 1.54) is 12.1 Å². The lowest BCUT2D eigenvalue weighted by molar-refractivity contribution is -0.120. The first-order valence-corrected chi connectivity index (χ1v) is 5.48. The van der Waals surface area contributed by atoms with Crippen LogP contribution in [0.25, 0.3) is 0 Å². The first kappa shape index (κ1) is 13.6. The summed E-state index contributed by atoms with van der Waals surface area (Å²) in [6, 6.07) is 3.53. The molecule has 1 rings (SSSR count). The number of carbonyl (C=O) groups excluding carboxylic acids is 1. The normalized spacial score (nSPS) is 10.3. The lowest BCUT2D eigenvalue weighted by Gasteiger charge is -2.05. The van der Waals surface area contributed by atoms with E-state index in [-0.39, 0.29) is 12.5 Å². The summed E-state index contributed by atoms with van der Waals surface area (Å²) < 4.78 is 25.8. The van der Waals surface area contributed by atoms with E-state index in [2.05, 4.69) is 10.6 Å². The van der Waals surface area contributed by atoms with Crippen molar-refractivity contribution in [2.75, 3.05) is 20.1 Å². The molecule has 0 aliphatic heterocycles. The zero-order chi connectivity index (χ0) is 12.7. The number of amides is 1. The smallest absolute Gasteiger partial charge is 0.233 e. The predicted molar refractivity (Wildman–Crippen MR) is 61.6 cm³/mol. The van der Waals surface area contributed by atoms with Gasteiger partial charge in [0, 0.05) is 12.6 Å². The second-order valence-electron chi connectivity index (χ2n) is 3.72. The molecule has 0 heterocycles. The van der Waals surface area contributed by atoms with Crippen molar-refractivity contribution in [2.24, 2.45) is 0 Å². The molecule has 0 unspecified atom stereocenters. The molecule has 1 aromatic rings. The van der Waals surface area contributed by atoms with Crippen LogP contribution >= 0.6 is 0 Å². The summed E-state index contributed by atoms with van der Waals surface area (Å²) in [6.07, 6.45) is 1.10. The fourth-order valence-corrected chi connectivity index (χ4v) is 1.45. The van der Waals surface area contributed by atoms with Crippen LogP contribution in [0.2, 0.25) is 0 Å². The van der Waals surface area contributed by atoms with Gasteiger partial charge in [-0.1, -0.05) is 6.07 Å². The van der Waals surface area contributed by atoms with E-state index >= 15 is 0 Å². The Labute approximate surface area is 99.2 Å². The summed E-state index contributed by atoms with van der Waals surface area (Å²) in [7, 11) is 1.69. The minimum absolute atomic E-state index is 0.0907. The summed E-state index contributed by atoms with van der Waals surface area (Å²) in [5, 5.41) is 5.41. The van der Waals surface area contributed by atoms with Crippen LogP contribution in [0.15, 0.2) is 18.2 Å². The Balaban J connectivity index is 2.29. The molecule has 2 N–H and O–H groups in total. The Bertz CT molecular complexity index is 383. The van der Waals surface area contributed by atoms with Gasteiger partial charge in [-0.05, 0) is 31.5 Å². The quantitative estimate of drug-likeness (QED) is 0.737. The maximum absolute atomic E-state index is 13.2. The molecule has 17 heavy (non-hydrogen) atoms. The lowest BCUT2D eigenvalue weighted by Crippen LogP contribution is -2.32. The summed E-state index contributed by atoms with van der Waals surface area (Å²) >= 11 is 0. The van der Waals surface area contributed by atoms with Crippen LogP contribution in [0, 0.1) is 11.6 Å². The number of hydrogen-bond acceptors (Lipinski definition) is 2. The molecule has 5 heteroatoms. The SMILES string of the molecule is CNCC(=O)NCCCc1ccc(F)cc1F. The van der Waals surface area contributed by atoms with Crippen molar-refractivity contribution in [3.63, 3.8) is 0 Å². The minimum Gasteiger partial charge on any atom is -0.355 e. The highest BCUT2D eigenvalue weighted by molar-refractivity contribution is 5.77. The highest BCUT2D eigenvalue weighted by atomic mass is 19.1. The Kier molecular flexibility index (Phi) is 5.56. The number of hydrogen-bond donors (Lipinski definition) is 2. The van der Waals surface area contributed by atoms with E-state index in [0.717, 1.165) is 6.07 Å². The van der Waals surface area contributed by atoms with Crippen LogP contribution in [0.5, 0.6) is 0 Å². The van der Waals surface area contributed by atoms with Crippen LogP contribution in [0.4, 0.5) is 8.78 Å². The molecule has 94 valence electrons. The second-order valence-corrected chi connectivity index (χ2v) is 3.72. The minimum atomic E-state index is -0.575. The number of carbonyl (C=O) groups is 1. The molecular weight excluding hydrogens is 226 g/mol. The second kappa shape index (κ2) is 6.96. The first-order chi connectivity index (χ1) is 8.13. The van der Waals surface area contributed by atoms with Gasteiger partial charge in [-0.3, -0.25) is 4.79 Å². The monoisotopic (exact) mass is 242 g/mol. The van der Waals surface area contributed by atoms with Gasteiger partial charge in [-0.25, -0.2) is 8.78 Å². The van der Waals surface area contributed by atoms with Gasteiger partial charge in [0.05, 0.1) is 6.54 Å². The summed E-state index contributed by atoms with van der Waals surface area (Å²) in [5.41, 5.74) is 0.467. The van der Waals surface area contributed by atoms with Crippen LogP contribution in [0.3, 0.4) is 0 Å². The van der Waals surface area contributed by atoms with Crippen molar-refractivity contribution in [3.8, 4) is 0 Å². The van der Waals surface area contributed by atoms with Gasteiger partial charge >= 0.3 is 0 Å². The third-order valence-electron chi connectivity index (χ3n) is 2.30. The summed E-state index contributed by atoms with van der Waals surface area (Å²) in [5.74, 6) is -1.20. The topological polar surface area (TPSA) is 41.1 Å². The first-order valence-electron chi connectivity index (χ1n) is 5.48. The van der Waals surface area contributed by atoms with Crippen LogP contribution in [-0.4, -0.2) is 26.0 Å². The number of benzene rings is 1. The maximum Gasteiger partial charge on any atom is 0.233 e. The van der Waals surface area contributed by atoms with Gasteiger partial charge in [0.1, 0.15) is 11.6 Å². The molecule has 0 bridgehead atoms. The molecule has 0 saturated carbocycles. The Morgan fingerprint density at radius 3 is 2.76 bits per heavy atom. The van der Waals surface area contributed by atoms with Crippen LogP contribution < -0.4 is 10.6 Å². The number of rotatable bonds is 6. The molecule has 0 aliphatic rings. The molecule has 0 spiro atoms. The van der Waals surface area contributed by atoms with Crippen molar-refractivity contribution in [1.29, 1.82) is 0 Å². The van der Waals surface area contributed by atoms with Gasteiger partial charge in [0.2, 0.25) is 5.91 Å². The van der Waals surface area contributed by atoms with E-state index in [1.54, 1.807) is 7.05 Å². The van der Waals surface area contributed by atoms with Gasteiger partial charge in [0.25, 0.3) is 0 Å². The molecule has 0 radical (unpaired) electrons. The van der Waals surface area contributed by atoms with Crippen molar-refractivity contribution >= 4 is 5.91 Å². The third kappa shape index (κ3) is 4.91. The number of nitrogens with one attached hydrogen (secondary N) is 2. The molecule has 0 atom stereocenters. The fraction of sp³-hybridized carbons (Fsp3) is 0.417. The number of likely N-dealkylation sites (N-methyl/N-ethyl adjacent to an activating group) is 1. The Morgan fingerprint density at radius 2 is 2.12 bits per heavy atom. The van der Waals surface area contributed by atoms with Crippen molar-refractivity contribution < 1.29 is 13.6 Å². The highest BCUT2D eigenvalue weighted by Gasteiger charge is 2.04. The van der Waals surface area contributed by atoms with Crippen molar-refractivity contribution in [3.05, 3.63) is 35.4 Å². The number of aryl methyl sites for hydroxylation is 1. The van der Waals surface area contributed by atoms with Crippen LogP contribution in [-0.2, 0) is 11.2 Å². The zero-order valence-corrected chi connectivity index (χ0v) is 9.72. The van der Waals surface area contributed by atoms with Crippen molar-refractivity contribution in [1.82, 2.24) is 10.6 Å². The van der Waals surface area contributed by atoms with Gasteiger partial charge in [0.15, 0.2) is 0 Å². The van der Waals surface area contributed by atoms with Crippen LogP contribution in [0.1, 0.15) is 12.0 Å².